The minimum Gasteiger partial charge on any atom is -0.469 e. The van der Waals surface area contributed by atoms with E-state index in [1.54, 1.807) is 0 Å². The number of hydrogen-bond acceptors (Lipinski definition) is 4. The molecule has 0 aliphatic heterocycles. The predicted molar refractivity (Wildman–Crippen MR) is 57.4 cm³/mol. The molecular weight excluding hydrogens is 194 g/mol. The van der Waals surface area contributed by atoms with Gasteiger partial charge in [0.1, 0.15) is 0 Å². The number of esters is 1. The van der Waals surface area contributed by atoms with Crippen molar-refractivity contribution in [2.24, 2.45) is 11.3 Å². The molecule has 2 N–H and O–H groups in total. The summed E-state index contributed by atoms with van der Waals surface area (Å²) in [5.74, 6) is -0.269. The molecule has 0 aromatic carbocycles. The van der Waals surface area contributed by atoms with Crippen LogP contribution in [-0.2, 0) is 9.53 Å². The maximum absolute atomic E-state index is 11.1. The van der Waals surface area contributed by atoms with Gasteiger partial charge in [-0.05, 0) is 24.7 Å². The SMILES string of the molecule is COC(=O)C(C)CNCC1(CCO)CC1. The number of hydrogen-bond donors (Lipinski definition) is 2. The van der Waals surface area contributed by atoms with Crippen LogP contribution in [-0.4, -0.2) is 37.9 Å². The van der Waals surface area contributed by atoms with Crippen molar-refractivity contribution in [3.8, 4) is 0 Å². The van der Waals surface area contributed by atoms with E-state index in [1.807, 2.05) is 6.92 Å². The van der Waals surface area contributed by atoms with Crippen LogP contribution < -0.4 is 5.32 Å². The quantitative estimate of drug-likeness (QED) is 0.609. The monoisotopic (exact) mass is 215 g/mol. The van der Waals surface area contributed by atoms with Gasteiger partial charge in [0.05, 0.1) is 13.0 Å². The van der Waals surface area contributed by atoms with E-state index in [0.29, 0.717) is 12.0 Å². The molecular formula is C11H21NO3. The highest BCUT2D eigenvalue weighted by atomic mass is 16.5. The molecule has 0 saturated heterocycles. The summed E-state index contributed by atoms with van der Waals surface area (Å²) in [6.07, 6.45) is 3.24. The van der Waals surface area contributed by atoms with Gasteiger partial charge in [0.15, 0.2) is 0 Å². The van der Waals surface area contributed by atoms with Crippen LogP contribution in [0, 0.1) is 11.3 Å². The summed E-state index contributed by atoms with van der Waals surface area (Å²) in [7, 11) is 1.41. The highest BCUT2D eigenvalue weighted by Crippen LogP contribution is 2.47. The van der Waals surface area contributed by atoms with E-state index in [0.717, 1.165) is 13.0 Å². The van der Waals surface area contributed by atoms with Crippen molar-refractivity contribution in [1.29, 1.82) is 0 Å². The molecule has 1 unspecified atom stereocenters. The smallest absolute Gasteiger partial charge is 0.309 e. The minimum absolute atomic E-state index is 0.0973. The van der Waals surface area contributed by atoms with Crippen molar-refractivity contribution < 1.29 is 14.6 Å². The Bertz CT molecular complexity index is 214. The van der Waals surface area contributed by atoms with E-state index in [2.05, 4.69) is 10.1 Å². The van der Waals surface area contributed by atoms with Crippen LogP contribution in [0.4, 0.5) is 0 Å². The molecule has 0 heterocycles. The summed E-state index contributed by atoms with van der Waals surface area (Å²) in [4.78, 5) is 11.1. The van der Waals surface area contributed by atoms with Crippen LogP contribution >= 0.6 is 0 Å². The maximum Gasteiger partial charge on any atom is 0.309 e. The molecule has 0 aromatic rings. The molecule has 0 aromatic heterocycles. The first kappa shape index (κ1) is 12.5. The Labute approximate surface area is 91.0 Å². The van der Waals surface area contributed by atoms with Gasteiger partial charge in [0.25, 0.3) is 0 Å². The highest BCUT2D eigenvalue weighted by molar-refractivity contribution is 5.71. The number of methoxy groups -OCH3 is 1. The second kappa shape index (κ2) is 5.47. The summed E-state index contributed by atoms with van der Waals surface area (Å²) in [6, 6.07) is 0. The van der Waals surface area contributed by atoms with Crippen molar-refractivity contribution in [3.05, 3.63) is 0 Å². The second-order valence-corrected chi connectivity index (χ2v) is 4.53. The van der Waals surface area contributed by atoms with E-state index in [9.17, 15) is 4.79 Å². The van der Waals surface area contributed by atoms with Gasteiger partial charge in [-0.15, -0.1) is 0 Å². The number of rotatable bonds is 7. The van der Waals surface area contributed by atoms with Gasteiger partial charge in [0.2, 0.25) is 0 Å². The maximum atomic E-state index is 11.1. The summed E-state index contributed by atoms with van der Waals surface area (Å²) in [5, 5.41) is 12.2. The van der Waals surface area contributed by atoms with Crippen LogP contribution in [0.5, 0.6) is 0 Å². The highest BCUT2D eigenvalue weighted by Gasteiger charge is 2.41. The van der Waals surface area contributed by atoms with Gasteiger partial charge in [-0.1, -0.05) is 6.92 Å². The van der Waals surface area contributed by atoms with Crippen LogP contribution in [0.2, 0.25) is 0 Å². The van der Waals surface area contributed by atoms with E-state index in [1.165, 1.54) is 20.0 Å². The number of nitrogens with one attached hydrogen (secondary N) is 1. The van der Waals surface area contributed by atoms with Crippen molar-refractivity contribution in [1.82, 2.24) is 5.32 Å². The topological polar surface area (TPSA) is 58.6 Å². The molecule has 1 aliphatic carbocycles. The molecule has 4 heteroatoms. The molecule has 0 bridgehead atoms. The zero-order valence-electron chi connectivity index (χ0n) is 9.58. The molecule has 1 fully saturated rings. The van der Waals surface area contributed by atoms with Crippen LogP contribution in [0.15, 0.2) is 0 Å². The Morgan fingerprint density at radius 3 is 2.73 bits per heavy atom. The number of ether oxygens (including phenoxy) is 1. The van der Waals surface area contributed by atoms with Crippen molar-refractivity contribution >= 4 is 5.97 Å². The molecule has 0 spiro atoms. The minimum atomic E-state index is -0.172. The van der Waals surface area contributed by atoms with Crippen molar-refractivity contribution in [2.75, 3.05) is 26.8 Å². The third-order valence-electron chi connectivity index (χ3n) is 3.15. The molecule has 4 nitrogen and oxygen atoms in total. The van der Waals surface area contributed by atoms with E-state index >= 15 is 0 Å². The number of aliphatic hydroxyl groups excluding tert-OH is 1. The molecule has 88 valence electrons. The summed E-state index contributed by atoms with van der Waals surface area (Å²) in [6.45, 7) is 3.66. The zero-order chi connectivity index (χ0) is 11.3. The number of carbonyl (C=O) groups excluding carboxylic acids is 1. The van der Waals surface area contributed by atoms with Crippen LogP contribution in [0.25, 0.3) is 0 Å². The molecule has 0 radical (unpaired) electrons. The zero-order valence-corrected chi connectivity index (χ0v) is 9.58. The van der Waals surface area contributed by atoms with E-state index in [4.69, 9.17) is 5.11 Å². The Morgan fingerprint density at radius 2 is 2.27 bits per heavy atom. The summed E-state index contributed by atoms with van der Waals surface area (Å²) < 4.78 is 4.64. The first-order chi connectivity index (χ1) is 7.13. The largest absolute Gasteiger partial charge is 0.469 e. The lowest BCUT2D eigenvalue weighted by Crippen LogP contribution is -2.32. The third-order valence-corrected chi connectivity index (χ3v) is 3.15. The van der Waals surface area contributed by atoms with E-state index in [-0.39, 0.29) is 18.5 Å². The average molecular weight is 215 g/mol. The second-order valence-electron chi connectivity index (χ2n) is 4.53. The lowest BCUT2D eigenvalue weighted by atomic mass is 10.0. The van der Waals surface area contributed by atoms with Crippen molar-refractivity contribution in [3.63, 3.8) is 0 Å². The first-order valence-corrected chi connectivity index (χ1v) is 5.53. The predicted octanol–water partition coefficient (Wildman–Crippen LogP) is 0.548. The molecule has 1 saturated carbocycles. The van der Waals surface area contributed by atoms with E-state index < -0.39 is 0 Å². The van der Waals surface area contributed by atoms with Gasteiger partial charge in [-0.25, -0.2) is 0 Å². The molecule has 15 heavy (non-hydrogen) atoms. The van der Waals surface area contributed by atoms with Crippen molar-refractivity contribution in [2.45, 2.75) is 26.2 Å². The molecule has 1 atom stereocenters. The summed E-state index contributed by atoms with van der Waals surface area (Å²) in [5.41, 5.74) is 0.310. The number of carbonyl (C=O) groups is 1. The fraction of sp³-hybridized carbons (Fsp3) is 0.909. The Kier molecular flexibility index (Phi) is 4.54. The van der Waals surface area contributed by atoms with Gasteiger partial charge >= 0.3 is 5.97 Å². The van der Waals surface area contributed by atoms with Crippen LogP contribution in [0.3, 0.4) is 0 Å². The Morgan fingerprint density at radius 1 is 1.60 bits per heavy atom. The molecule has 0 amide bonds. The third kappa shape index (κ3) is 3.80. The Balaban J connectivity index is 2.13. The first-order valence-electron chi connectivity index (χ1n) is 5.53. The molecule has 1 rings (SSSR count). The standard InChI is InChI=1S/C11H21NO3/c1-9(10(14)15-2)7-12-8-11(3-4-11)5-6-13/h9,12-13H,3-8H2,1-2H3. The lowest BCUT2D eigenvalue weighted by Gasteiger charge is -2.16. The fourth-order valence-corrected chi connectivity index (χ4v) is 1.77. The van der Waals surface area contributed by atoms with Crippen LogP contribution in [0.1, 0.15) is 26.2 Å². The molecule has 1 aliphatic rings. The Hall–Kier alpha value is -0.610. The number of aliphatic hydroxyl groups is 1. The fourth-order valence-electron chi connectivity index (χ4n) is 1.77. The lowest BCUT2D eigenvalue weighted by molar-refractivity contribution is -0.144. The normalized spacial score (nSPS) is 19.7. The van der Waals surface area contributed by atoms with Gasteiger partial charge in [0, 0.05) is 19.7 Å². The van der Waals surface area contributed by atoms with Gasteiger partial charge < -0.3 is 15.2 Å². The summed E-state index contributed by atoms with van der Waals surface area (Å²) >= 11 is 0. The van der Waals surface area contributed by atoms with Gasteiger partial charge in [-0.3, -0.25) is 4.79 Å². The average Bonchev–Trinajstić information content (AvgIpc) is 2.97. The van der Waals surface area contributed by atoms with Gasteiger partial charge in [-0.2, -0.15) is 0 Å².